The van der Waals surface area contributed by atoms with Crippen LogP contribution in [-0.4, -0.2) is 31.7 Å². The number of allylic oxidation sites excluding steroid dienone is 1. The maximum atomic E-state index is 3.97. The summed E-state index contributed by atoms with van der Waals surface area (Å²) in [5.74, 6) is 0. The van der Waals surface area contributed by atoms with Gasteiger partial charge < -0.3 is 4.48 Å². The molecule has 0 aromatic carbocycles. The van der Waals surface area contributed by atoms with Crippen LogP contribution in [0.5, 0.6) is 0 Å². The van der Waals surface area contributed by atoms with Gasteiger partial charge in [0.15, 0.2) is 0 Å². The molecule has 1 spiro atoms. The van der Waals surface area contributed by atoms with Gasteiger partial charge in [0.25, 0.3) is 0 Å². The molecule has 13 heavy (non-hydrogen) atoms. The largest absolute Gasteiger partial charge is 0.327 e. The van der Waals surface area contributed by atoms with Crippen LogP contribution in [0.3, 0.4) is 0 Å². The normalized spacial score (nSPS) is 40.2. The Balaban J connectivity index is 2.04. The Morgan fingerprint density at radius 3 is 2.23 bits per heavy atom. The fraction of sp³-hybridized carbons (Fsp3) is 0.833. The predicted molar refractivity (Wildman–Crippen MR) is 56.4 cm³/mol. The van der Waals surface area contributed by atoms with Gasteiger partial charge in [-0.05, 0) is 24.7 Å². The number of quaternary nitrogens is 1. The van der Waals surface area contributed by atoms with E-state index in [4.69, 9.17) is 0 Å². The van der Waals surface area contributed by atoms with Crippen molar-refractivity contribution >= 4 is 0 Å². The van der Waals surface area contributed by atoms with E-state index < -0.39 is 0 Å². The van der Waals surface area contributed by atoms with Crippen molar-refractivity contribution in [1.82, 2.24) is 0 Å². The Bertz CT molecular complexity index is 234. The predicted octanol–water partition coefficient (Wildman–Crippen LogP) is 2.44. The smallest absolute Gasteiger partial charge is 0.0894 e. The van der Waals surface area contributed by atoms with Crippen LogP contribution in [0.15, 0.2) is 12.7 Å². The van der Waals surface area contributed by atoms with Gasteiger partial charge in [0.05, 0.1) is 32.6 Å². The minimum atomic E-state index is 0.445. The molecule has 2 aliphatic rings. The van der Waals surface area contributed by atoms with E-state index >= 15 is 0 Å². The van der Waals surface area contributed by atoms with Crippen molar-refractivity contribution in [2.75, 3.05) is 27.2 Å². The van der Waals surface area contributed by atoms with Gasteiger partial charge in [0, 0.05) is 0 Å². The fourth-order valence-electron chi connectivity index (χ4n) is 3.80. The minimum Gasteiger partial charge on any atom is -0.327 e. The van der Waals surface area contributed by atoms with Gasteiger partial charge in [-0.15, -0.1) is 6.58 Å². The highest BCUT2D eigenvalue weighted by atomic mass is 15.4. The summed E-state index contributed by atoms with van der Waals surface area (Å²) in [5, 5.41) is 0. The molecule has 1 aliphatic carbocycles. The summed E-state index contributed by atoms with van der Waals surface area (Å²) >= 11 is 0. The average Bonchev–Trinajstić information content (AvgIpc) is 2.27. The van der Waals surface area contributed by atoms with Crippen molar-refractivity contribution in [3.63, 3.8) is 0 Å². The van der Waals surface area contributed by atoms with Crippen LogP contribution in [-0.2, 0) is 0 Å². The van der Waals surface area contributed by atoms with Crippen LogP contribution >= 0.6 is 0 Å². The molecule has 2 rings (SSSR count). The maximum absolute atomic E-state index is 3.97. The lowest BCUT2D eigenvalue weighted by atomic mass is 9.74. The Labute approximate surface area is 82.0 Å². The molecule has 0 aromatic heterocycles. The fourth-order valence-corrected chi connectivity index (χ4v) is 3.80. The van der Waals surface area contributed by atoms with Crippen LogP contribution in [0, 0.1) is 10.8 Å². The summed E-state index contributed by atoms with van der Waals surface area (Å²) in [4.78, 5) is 0. The van der Waals surface area contributed by atoms with Gasteiger partial charge in [-0.3, -0.25) is 0 Å². The van der Waals surface area contributed by atoms with Gasteiger partial charge in [0.1, 0.15) is 0 Å². The zero-order valence-electron chi connectivity index (χ0n) is 9.27. The van der Waals surface area contributed by atoms with Crippen LogP contribution in [0.2, 0.25) is 0 Å². The number of likely N-dealkylation sites (tertiary alicyclic amines) is 1. The lowest BCUT2D eigenvalue weighted by molar-refractivity contribution is -0.950. The molecule has 2 fully saturated rings. The first-order chi connectivity index (χ1) is 5.89. The molecule has 1 heteroatoms. The van der Waals surface area contributed by atoms with Crippen molar-refractivity contribution in [3.05, 3.63) is 12.7 Å². The van der Waals surface area contributed by atoms with E-state index in [1.165, 1.54) is 36.8 Å². The van der Waals surface area contributed by atoms with Gasteiger partial charge in [-0.1, -0.05) is 13.0 Å². The third kappa shape index (κ3) is 1.43. The van der Waals surface area contributed by atoms with Crippen LogP contribution in [0.1, 0.15) is 26.2 Å². The molecular weight excluding hydrogens is 158 g/mol. The van der Waals surface area contributed by atoms with Crippen molar-refractivity contribution in [2.24, 2.45) is 10.8 Å². The van der Waals surface area contributed by atoms with Gasteiger partial charge in [-0.2, -0.15) is 0 Å². The Hall–Kier alpha value is -0.300. The summed E-state index contributed by atoms with van der Waals surface area (Å²) in [6.45, 7) is 9.11. The Kier molecular flexibility index (Phi) is 1.70. The molecule has 74 valence electrons. The van der Waals surface area contributed by atoms with Gasteiger partial charge in [-0.25, -0.2) is 0 Å². The van der Waals surface area contributed by atoms with Crippen LogP contribution in [0.25, 0.3) is 0 Å². The van der Waals surface area contributed by atoms with E-state index in [0.717, 1.165) is 0 Å². The summed E-state index contributed by atoms with van der Waals surface area (Å²) < 4.78 is 1.23. The van der Waals surface area contributed by atoms with Crippen molar-refractivity contribution in [3.8, 4) is 0 Å². The summed E-state index contributed by atoms with van der Waals surface area (Å²) in [6.07, 6.45) is 6.35. The first-order valence-corrected chi connectivity index (χ1v) is 5.35. The topological polar surface area (TPSA) is 0 Å². The monoisotopic (exact) mass is 180 g/mol. The average molecular weight is 180 g/mol. The number of hydrogen-bond acceptors (Lipinski definition) is 0. The van der Waals surface area contributed by atoms with Gasteiger partial charge >= 0.3 is 0 Å². The first-order valence-electron chi connectivity index (χ1n) is 5.35. The van der Waals surface area contributed by atoms with Crippen molar-refractivity contribution in [1.29, 1.82) is 0 Å². The zero-order valence-corrected chi connectivity index (χ0v) is 9.27. The first kappa shape index (κ1) is 9.26. The SMILES string of the molecule is C=CC1(C)CCC2(C1)C[N+](C)(C)C2. The quantitative estimate of drug-likeness (QED) is 0.429. The highest BCUT2D eigenvalue weighted by Gasteiger charge is 2.57. The zero-order chi connectivity index (χ0) is 9.74. The van der Waals surface area contributed by atoms with E-state index in [1.807, 2.05) is 0 Å². The third-order valence-corrected chi connectivity index (χ3v) is 4.02. The second kappa shape index (κ2) is 2.38. The molecule has 0 radical (unpaired) electrons. The molecule has 1 saturated heterocycles. The number of rotatable bonds is 1. The summed E-state index contributed by atoms with van der Waals surface area (Å²) in [7, 11) is 4.68. The molecule has 1 heterocycles. The molecule has 0 amide bonds. The molecule has 1 atom stereocenters. The van der Waals surface area contributed by atoms with Crippen LogP contribution in [0.4, 0.5) is 0 Å². The van der Waals surface area contributed by atoms with Crippen molar-refractivity contribution in [2.45, 2.75) is 26.2 Å². The number of nitrogens with zero attached hydrogens (tertiary/aromatic N) is 1. The standard InChI is InChI=1S/C12H22N/c1-5-11(2)6-7-12(8-11)9-13(3,4)10-12/h5H,1,6-10H2,2-4H3/q+1. The van der Waals surface area contributed by atoms with Crippen molar-refractivity contribution < 1.29 is 4.48 Å². The molecule has 1 saturated carbocycles. The minimum absolute atomic E-state index is 0.445. The molecular formula is C12H22N+. The van der Waals surface area contributed by atoms with E-state index in [0.29, 0.717) is 10.8 Å². The molecule has 0 bridgehead atoms. The second-order valence-corrected chi connectivity index (χ2v) is 6.29. The van der Waals surface area contributed by atoms with E-state index in [1.54, 1.807) is 0 Å². The molecule has 1 aliphatic heterocycles. The van der Waals surface area contributed by atoms with E-state index in [2.05, 4.69) is 33.7 Å². The summed E-state index contributed by atoms with van der Waals surface area (Å²) in [6, 6.07) is 0. The third-order valence-electron chi connectivity index (χ3n) is 4.02. The Morgan fingerprint density at radius 2 is 1.85 bits per heavy atom. The summed E-state index contributed by atoms with van der Waals surface area (Å²) in [5.41, 5.74) is 1.13. The van der Waals surface area contributed by atoms with E-state index in [9.17, 15) is 0 Å². The lowest BCUT2D eigenvalue weighted by Gasteiger charge is -2.52. The second-order valence-electron chi connectivity index (χ2n) is 6.29. The highest BCUT2D eigenvalue weighted by molar-refractivity contribution is 5.05. The molecule has 0 aromatic rings. The molecule has 1 nitrogen and oxygen atoms in total. The Morgan fingerprint density at radius 1 is 1.23 bits per heavy atom. The molecule has 0 N–H and O–H groups in total. The molecule has 1 unspecified atom stereocenters. The van der Waals surface area contributed by atoms with Gasteiger partial charge in [0.2, 0.25) is 0 Å². The van der Waals surface area contributed by atoms with E-state index in [-0.39, 0.29) is 0 Å². The maximum Gasteiger partial charge on any atom is 0.0894 e. The number of hydrogen-bond donors (Lipinski definition) is 0. The lowest BCUT2D eigenvalue weighted by Crippen LogP contribution is -2.64. The van der Waals surface area contributed by atoms with Crippen LogP contribution < -0.4 is 0 Å². The highest BCUT2D eigenvalue weighted by Crippen LogP contribution is 2.55.